The molecule has 4 rings (SSSR count). The normalized spacial score (nSPS) is 14.8. The van der Waals surface area contributed by atoms with E-state index in [1.54, 1.807) is 11.0 Å². The van der Waals surface area contributed by atoms with Gasteiger partial charge in [-0.2, -0.15) is 5.10 Å². The van der Waals surface area contributed by atoms with Crippen LogP contribution in [0, 0.1) is 0 Å². The molecule has 1 aliphatic rings. The third-order valence-corrected chi connectivity index (χ3v) is 4.61. The Bertz CT molecular complexity index is 886. The van der Waals surface area contributed by atoms with Gasteiger partial charge in [-0.1, -0.05) is 36.4 Å². The number of carbonyl (C=O) groups excluding carboxylic acids is 1. The number of aromatic nitrogens is 3. The maximum Gasteiger partial charge on any atom is 0.253 e. The number of aliphatic hydroxyl groups excluding tert-OH is 1. The van der Waals surface area contributed by atoms with Crippen LogP contribution in [0.5, 0.6) is 0 Å². The number of carbonyl (C=O) groups is 1. The van der Waals surface area contributed by atoms with Crippen LogP contribution < -0.4 is 5.32 Å². The minimum atomic E-state index is -1.17. The first-order chi connectivity index (χ1) is 12.7. The summed E-state index contributed by atoms with van der Waals surface area (Å²) in [6.45, 7) is 0.332. The lowest BCUT2D eigenvalue weighted by molar-refractivity contribution is -0.129. The zero-order chi connectivity index (χ0) is 17.9. The van der Waals surface area contributed by atoms with Crippen molar-refractivity contribution in [2.24, 2.45) is 0 Å². The first-order valence-corrected chi connectivity index (χ1v) is 8.70. The van der Waals surface area contributed by atoms with Crippen LogP contribution in [-0.2, 0) is 11.3 Å². The second-order valence-electron chi connectivity index (χ2n) is 6.57. The molecule has 1 fully saturated rings. The second-order valence-corrected chi connectivity index (χ2v) is 6.57. The number of amides is 1. The summed E-state index contributed by atoms with van der Waals surface area (Å²) >= 11 is 0. The minimum absolute atomic E-state index is 0.332. The average Bonchev–Trinajstić information content (AvgIpc) is 3.39. The number of hydrogen-bond acceptors (Lipinski definition) is 4. The van der Waals surface area contributed by atoms with Gasteiger partial charge < -0.3 is 10.4 Å². The van der Waals surface area contributed by atoms with Crippen molar-refractivity contribution in [3.8, 4) is 5.69 Å². The Morgan fingerprint density at radius 3 is 2.73 bits per heavy atom. The van der Waals surface area contributed by atoms with Gasteiger partial charge in [-0.3, -0.25) is 4.79 Å². The molecule has 26 heavy (non-hydrogen) atoms. The van der Waals surface area contributed by atoms with E-state index in [0.29, 0.717) is 18.0 Å². The highest BCUT2D eigenvalue weighted by Gasteiger charge is 2.24. The van der Waals surface area contributed by atoms with Crippen molar-refractivity contribution in [2.75, 3.05) is 0 Å². The predicted molar refractivity (Wildman–Crippen MR) is 96.6 cm³/mol. The Labute approximate surface area is 151 Å². The van der Waals surface area contributed by atoms with Crippen LogP contribution in [0.1, 0.15) is 41.6 Å². The molecule has 1 unspecified atom stereocenters. The van der Waals surface area contributed by atoms with Crippen molar-refractivity contribution < 1.29 is 9.90 Å². The molecule has 0 saturated heterocycles. The van der Waals surface area contributed by atoms with Gasteiger partial charge in [0.1, 0.15) is 12.7 Å². The molecule has 1 heterocycles. The Balaban J connectivity index is 1.38. The highest BCUT2D eigenvalue weighted by atomic mass is 16.3. The Morgan fingerprint density at radius 2 is 2.04 bits per heavy atom. The van der Waals surface area contributed by atoms with Crippen molar-refractivity contribution in [3.63, 3.8) is 0 Å². The molecule has 0 aliphatic heterocycles. The maximum atomic E-state index is 12.3. The van der Waals surface area contributed by atoms with E-state index in [2.05, 4.69) is 15.4 Å². The van der Waals surface area contributed by atoms with E-state index in [4.69, 9.17) is 0 Å². The van der Waals surface area contributed by atoms with Gasteiger partial charge in [0.15, 0.2) is 6.10 Å². The Hall–Kier alpha value is -2.99. The number of aliphatic hydroxyl groups is 1. The number of nitrogens with one attached hydrogen (secondary N) is 1. The van der Waals surface area contributed by atoms with Crippen molar-refractivity contribution in [1.29, 1.82) is 0 Å². The third-order valence-electron chi connectivity index (χ3n) is 4.61. The van der Waals surface area contributed by atoms with Crippen LogP contribution >= 0.6 is 0 Å². The molecule has 0 bridgehead atoms. The average molecular weight is 348 g/mol. The molecule has 1 saturated carbocycles. The maximum absolute atomic E-state index is 12.3. The molecule has 0 spiro atoms. The molecule has 0 radical (unpaired) electrons. The van der Waals surface area contributed by atoms with Crippen LogP contribution in [0.3, 0.4) is 0 Å². The molecule has 1 amide bonds. The zero-order valence-electron chi connectivity index (χ0n) is 14.2. The van der Waals surface area contributed by atoms with Gasteiger partial charge in [0, 0.05) is 6.54 Å². The zero-order valence-corrected chi connectivity index (χ0v) is 14.2. The van der Waals surface area contributed by atoms with Gasteiger partial charge in [-0.05, 0) is 47.6 Å². The van der Waals surface area contributed by atoms with E-state index in [0.717, 1.165) is 11.3 Å². The van der Waals surface area contributed by atoms with Gasteiger partial charge in [0.05, 0.1) is 5.69 Å². The lowest BCUT2D eigenvalue weighted by Gasteiger charge is -2.13. The largest absolute Gasteiger partial charge is 0.378 e. The molecule has 1 atom stereocenters. The van der Waals surface area contributed by atoms with E-state index < -0.39 is 12.0 Å². The standard InChI is InChI=1S/C20H20N4O2/c25-19(17-8-6-16(7-9-17)15-4-5-15)20(26)22-11-14-2-1-3-18(10-14)24-13-21-12-23-24/h1-3,6-10,12-13,15,19,25H,4-5,11H2,(H,22,26). The summed E-state index contributed by atoms with van der Waals surface area (Å²) in [5.41, 5.74) is 3.68. The number of rotatable bonds is 6. The van der Waals surface area contributed by atoms with E-state index in [-0.39, 0.29) is 0 Å². The third kappa shape index (κ3) is 3.65. The van der Waals surface area contributed by atoms with E-state index in [1.807, 2.05) is 48.5 Å². The monoisotopic (exact) mass is 348 g/mol. The van der Waals surface area contributed by atoms with Crippen LogP contribution in [0.25, 0.3) is 5.69 Å². The van der Waals surface area contributed by atoms with Crippen molar-refractivity contribution in [1.82, 2.24) is 20.1 Å². The van der Waals surface area contributed by atoms with Gasteiger partial charge in [0.25, 0.3) is 5.91 Å². The minimum Gasteiger partial charge on any atom is -0.378 e. The molecule has 6 heteroatoms. The van der Waals surface area contributed by atoms with Gasteiger partial charge in [-0.25, -0.2) is 9.67 Å². The van der Waals surface area contributed by atoms with Crippen molar-refractivity contribution >= 4 is 5.91 Å². The molecule has 3 aromatic rings. The van der Waals surface area contributed by atoms with Crippen LogP contribution in [0.15, 0.2) is 61.2 Å². The molecule has 6 nitrogen and oxygen atoms in total. The van der Waals surface area contributed by atoms with Gasteiger partial charge in [0.2, 0.25) is 0 Å². The summed E-state index contributed by atoms with van der Waals surface area (Å²) in [6, 6.07) is 15.3. The first kappa shape index (κ1) is 16.5. The van der Waals surface area contributed by atoms with E-state index in [1.165, 1.54) is 24.7 Å². The highest BCUT2D eigenvalue weighted by molar-refractivity contribution is 5.81. The van der Waals surface area contributed by atoms with E-state index >= 15 is 0 Å². The summed E-state index contributed by atoms with van der Waals surface area (Å²) < 4.78 is 1.65. The summed E-state index contributed by atoms with van der Waals surface area (Å²) in [5.74, 6) is 0.252. The smallest absolute Gasteiger partial charge is 0.253 e. The fraction of sp³-hybridized carbons (Fsp3) is 0.250. The fourth-order valence-corrected chi connectivity index (χ4v) is 2.95. The molecular formula is C20H20N4O2. The fourth-order valence-electron chi connectivity index (χ4n) is 2.95. The quantitative estimate of drug-likeness (QED) is 0.717. The topological polar surface area (TPSA) is 80.0 Å². The lowest BCUT2D eigenvalue weighted by Crippen LogP contribution is -2.28. The van der Waals surface area contributed by atoms with Crippen molar-refractivity contribution in [3.05, 3.63) is 77.9 Å². The summed E-state index contributed by atoms with van der Waals surface area (Å²) in [6.07, 6.45) is 4.39. The Morgan fingerprint density at radius 1 is 1.23 bits per heavy atom. The molecule has 2 aromatic carbocycles. The van der Waals surface area contributed by atoms with E-state index in [9.17, 15) is 9.90 Å². The number of hydrogen-bond donors (Lipinski definition) is 2. The molecule has 1 aromatic heterocycles. The summed E-state index contributed by atoms with van der Waals surface area (Å²) in [4.78, 5) is 16.2. The van der Waals surface area contributed by atoms with Crippen molar-refractivity contribution in [2.45, 2.75) is 31.4 Å². The van der Waals surface area contributed by atoms with Gasteiger partial charge >= 0.3 is 0 Å². The molecule has 1 aliphatic carbocycles. The van der Waals surface area contributed by atoms with Crippen LogP contribution in [0.4, 0.5) is 0 Å². The lowest BCUT2D eigenvalue weighted by atomic mass is 10.0. The highest BCUT2D eigenvalue weighted by Crippen LogP contribution is 2.40. The summed E-state index contributed by atoms with van der Waals surface area (Å²) in [5, 5.41) is 17.2. The molecular weight excluding hydrogens is 328 g/mol. The Kier molecular flexibility index (Phi) is 4.50. The number of nitrogens with zero attached hydrogens (tertiary/aromatic N) is 3. The molecule has 132 valence electrons. The second kappa shape index (κ2) is 7.09. The van der Waals surface area contributed by atoms with Crippen LogP contribution in [-0.4, -0.2) is 25.8 Å². The SMILES string of the molecule is O=C(NCc1cccc(-n2cncn2)c1)C(O)c1ccc(C2CC2)cc1. The van der Waals surface area contributed by atoms with Crippen LogP contribution in [0.2, 0.25) is 0 Å². The first-order valence-electron chi connectivity index (χ1n) is 8.70. The molecule has 2 N–H and O–H groups in total. The van der Waals surface area contributed by atoms with Gasteiger partial charge in [-0.15, -0.1) is 0 Å². The summed E-state index contributed by atoms with van der Waals surface area (Å²) in [7, 11) is 0. The number of benzene rings is 2. The predicted octanol–water partition coefficient (Wildman–Crippen LogP) is 2.49.